The number of para-hydroxylation sites is 4. The van der Waals surface area contributed by atoms with Gasteiger partial charge in [-0.15, -0.1) is 0 Å². The maximum Gasteiger partial charge on any atom is 0.182 e. The van der Waals surface area contributed by atoms with Crippen LogP contribution in [-0.4, -0.2) is 38.6 Å². The van der Waals surface area contributed by atoms with Gasteiger partial charge in [0.1, 0.15) is 11.4 Å². The Morgan fingerprint density at radius 2 is 0.613 bits per heavy atom. The number of nitrogens with zero attached hydrogens (tertiary/aromatic N) is 8. The molecule has 15 aromatic rings. The van der Waals surface area contributed by atoms with Crippen molar-refractivity contribution in [2.24, 2.45) is 0 Å². The summed E-state index contributed by atoms with van der Waals surface area (Å²) in [6.07, 6.45) is 3.52. The van der Waals surface area contributed by atoms with Gasteiger partial charge in [0.2, 0.25) is 0 Å². The van der Waals surface area contributed by atoms with Gasteiger partial charge in [-0.05, 0) is 108 Å². The van der Waals surface area contributed by atoms with Crippen LogP contribution in [-0.2, 0) is 0 Å². The summed E-state index contributed by atoms with van der Waals surface area (Å²) in [6, 6.07) is 86.3. The third-order valence-electron chi connectivity index (χ3n) is 14.6. The van der Waals surface area contributed by atoms with Gasteiger partial charge in [-0.1, -0.05) is 146 Å². The van der Waals surface area contributed by atoms with Gasteiger partial charge in [0.05, 0.1) is 38.8 Å². The minimum atomic E-state index is 0.466. The van der Waals surface area contributed by atoms with E-state index in [1.165, 1.54) is 21.5 Å². The molecule has 15 rings (SSSR count). The van der Waals surface area contributed by atoms with Crippen LogP contribution in [0, 0.1) is 0 Å². The Kier molecular flexibility index (Phi) is 9.71. The lowest BCUT2D eigenvalue weighted by Crippen LogP contribution is -2.05. The molecule has 6 aromatic heterocycles. The van der Waals surface area contributed by atoms with Crippen molar-refractivity contribution >= 4 is 65.4 Å². The second-order valence-corrected chi connectivity index (χ2v) is 18.9. The number of benzene rings is 9. The predicted octanol–water partition coefficient (Wildman–Crippen LogP) is 16.3. The van der Waals surface area contributed by atoms with E-state index in [0.717, 1.165) is 88.8 Å². The maximum atomic E-state index is 5.19. The zero-order valence-electron chi connectivity index (χ0n) is 40.3. The van der Waals surface area contributed by atoms with Crippen LogP contribution in [0.3, 0.4) is 0 Å². The molecule has 0 saturated carbocycles. The number of rotatable bonds is 8. The molecule has 0 unspecified atom stereocenters. The van der Waals surface area contributed by atoms with E-state index >= 15 is 0 Å². The second-order valence-electron chi connectivity index (χ2n) is 18.9. The van der Waals surface area contributed by atoms with Crippen LogP contribution in [0.25, 0.3) is 139 Å². The van der Waals surface area contributed by atoms with Gasteiger partial charge >= 0.3 is 0 Å². The van der Waals surface area contributed by atoms with Gasteiger partial charge in [0, 0.05) is 72.8 Å². The first-order chi connectivity index (χ1) is 37.2. The molecule has 0 amide bonds. The molecule has 0 fully saturated rings. The summed E-state index contributed by atoms with van der Waals surface area (Å²) in [5, 5.41) is 7.16. The molecule has 0 aliphatic rings. The van der Waals surface area contributed by atoms with Crippen molar-refractivity contribution in [2.45, 2.75) is 0 Å². The number of fused-ring (bicyclic) bond motifs is 9. The molecule has 0 atom stereocenters. The van der Waals surface area contributed by atoms with Gasteiger partial charge in [0.15, 0.2) is 17.5 Å². The highest BCUT2D eigenvalue weighted by atomic mass is 15.1. The van der Waals surface area contributed by atoms with Gasteiger partial charge in [-0.2, -0.15) is 0 Å². The molecule has 75 heavy (non-hydrogen) atoms. The van der Waals surface area contributed by atoms with E-state index in [4.69, 9.17) is 15.0 Å². The van der Waals surface area contributed by atoms with Crippen LogP contribution in [0.15, 0.2) is 255 Å². The number of pyridine rings is 2. The van der Waals surface area contributed by atoms with Gasteiger partial charge in [-0.3, -0.25) is 9.97 Å². The van der Waals surface area contributed by atoms with Gasteiger partial charge < -0.3 is 13.7 Å². The first-order valence-corrected chi connectivity index (χ1v) is 25.2. The molecule has 6 heterocycles. The molecule has 0 aliphatic carbocycles. The van der Waals surface area contributed by atoms with Crippen molar-refractivity contribution in [1.82, 2.24) is 38.6 Å². The monoisotopic (exact) mass is 958 g/mol. The Balaban J connectivity index is 1.05. The van der Waals surface area contributed by atoms with Crippen LogP contribution < -0.4 is 0 Å². The first kappa shape index (κ1) is 42.4. The van der Waals surface area contributed by atoms with E-state index in [9.17, 15) is 0 Å². The van der Waals surface area contributed by atoms with Crippen molar-refractivity contribution in [2.75, 3.05) is 0 Å². The second kappa shape index (κ2) is 17.2. The van der Waals surface area contributed by atoms with E-state index in [0.29, 0.717) is 28.9 Å². The highest BCUT2D eigenvalue weighted by Gasteiger charge is 2.25. The van der Waals surface area contributed by atoms with Crippen LogP contribution in [0.4, 0.5) is 0 Å². The predicted molar refractivity (Wildman–Crippen MR) is 306 cm³/mol. The molecule has 0 saturated heterocycles. The molecule has 0 N–H and O–H groups in total. The summed E-state index contributed by atoms with van der Waals surface area (Å²) < 4.78 is 7.31. The van der Waals surface area contributed by atoms with Gasteiger partial charge in [0.25, 0.3) is 0 Å². The summed E-state index contributed by atoms with van der Waals surface area (Å²) in [5.41, 5.74) is 16.3. The van der Waals surface area contributed by atoms with Crippen molar-refractivity contribution < 1.29 is 0 Å². The minimum Gasteiger partial charge on any atom is -0.309 e. The minimum absolute atomic E-state index is 0.466. The third-order valence-corrected chi connectivity index (χ3v) is 14.6. The summed E-state index contributed by atoms with van der Waals surface area (Å²) in [7, 11) is 0. The van der Waals surface area contributed by atoms with Crippen molar-refractivity contribution in [3.63, 3.8) is 0 Å². The normalized spacial score (nSPS) is 11.7. The zero-order valence-corrected chi connectivity index (χ0v) is 40.3. The quantitative estimate of drug-likeness (QED) is 0.152. The average Bonchev–Trinajstić information content (AvgIpc) is 4.13. The number of aromatic nitrogens is 8. The topological polar surface area (TPSA) is 79.2 Å². The number of hydrogen-bond donors (Lipinski definition) is 0. The SMILES string of the molecule is c1ccc(-c2cc(-c3nc(-c4ccccn4)nc(-c4ccccn4)n3)cc(-c3ccccc3)c2-n2c3ccc(-n4c5ccccc5c5ccccc54)cc3c3cc(-n4c5ccccc5c5ccccc54)ccc32)cc1. The van der Waals surface area contributed by atoms with E-state index in [1.54, 1.807) is 12.4 Å². The Morgan fingerprint density at radius 3 is 1.01 bits per heavy atom. The van der Waals surface area contributed by atoms with Crippen molar-refractivity contribution in [1.29, 1.82) is 0 Å². The number of hydrogen-bond acceptors (Lipinski definition) is 5. The van der Waals surface area contributed by atoms with Crippen LogP contribution in [0.2, 0.25) is 0 Å². The summed E-state index contributed by atoms with van der Waals surface area (Å²) >= 11 is 0. The fourth-order valence-corrected chi connectivity index (χ4v) is 11.3. The van der Waals surface area contributed by atoms with Crippen LogP contribution in [0.1, 0.15) is 0 Å². The van der Waals surface area contributed by atoms with Crippen LogP contribution in [0.5, 0.6) is 0 Å². The fraction of sp³-hybridized carbons (Fsp3) is 0. The fourth-order valence-electron chi connectivity index (χ4n) is 11.3. The van der Waals surface area contributed by atoms with Crippen molar-refractivity contribution in [3.8, 4) is 73.7 Å². The van der Waals surface area contributed by atoms with Crippen LogP contribution >= 0.6 is 0 Å². The molecule has 0 aliphatic heterocycles. The maximum absolute atomic E-state index is 5.19. The Hall–Kier alpha value is -10.3. The molecular formula is C67H42N8. The highest BCUT2D eigenvalue weighted by molar-refractivity contribution is 6.15. The van der Waals surface area contributed by atoms with E-state index in [-0.39, 0.29) is 0 Å². The lowest BCUT2D eigenvalue weighted by atomic mass is 9.92. The molecular weight excluding hydrogens is 917 g/mol. The first-order valence-electron chi connectivity index (χ1n) is 25.2. The lowest BCUT2D eigenvalue weighted by Gasteiger charge is -2.21. The Bertz CT molecular complexity index is 4300. The lowest BCUT2D eigenvalue weighted by molar-refractivity contribution is 1.05. The smallest absolute Gasteiger partial charge is 0.182 e. The van der Waals surface area contributed by atoms with E-state index in [1.807, 2.05) is 36.4 Å². The molecule has 9 aromatic carbocycles. The molecule has 8 heteroatoms. The summed E-state index contributed by atoms with van der Waals surface area (Å²) in [5.74, 6) is 1.45. The zero-order chi connectivity index (χ0) is 49.4. The third kappa shape index (κ3) is 6.88. The molecule has 8 nitrogen and oxygen atoms in total. The van der Waals surface area contributed by atoms with Gasteiger partial charge in [-0.25, -0.2) is 15.0 Å². The Morgan fingerprint density at radius 1 is 0.253 bits per heavy atom. The largest absolute Gasteiger partial charge is 0.309 e. The van der Waals surface area contributed by atoms with Crippen molar-refractivity contribution in [3.05, 3.63) is 255 Å². The standard InChI is InChI=1S/C67H42N8/c1-3-19-43(20-4-1)52-39-45(65-70-66(56-27-15-17-37-68-56)72-67(71-65)57-28-16-18-38-69-57)40-53(44-21-5-2-6-22-44)64(52)75-62-35-33-46(73-58-29-11-7-23-48(58)49-24-8-12-30-59(49)73)41-54(62)55-42-47(34-36-63(55)75)74-60-31-13-9-25-50(60)51-26-10-14-32-61(51)74/h1-42H. The average molecular weight is 959 g/mol. The van der Waals surface area contributed by atoms with E-state index < -0.39 is 0 Å². The Labute approximate surface area is 430 Å². The summed E-state index contributed by atoms with van der Waals surface area (Å²) in [4.78, 5) is 24.7. The molecule has 0 radical (unpaired) electrons. The molecule has 0 spiro atoms. The molecule has 350 valence electrons. The highest BCUT2D eigenvalue weighted by Crippen LogP contribution is 2.46. The van der Waals surface area contributed by atoms with E-state index in [2.05, 4.69) is 230 Å². The molecule has 0 bridgehead atoms. The summed E-state index contributed by atoms with van der Waals surface area (Å²) in [6.45, 7) is 0.